The van der Waals surface area contributed by atoms with Gasteiger partial charge in [0.25, 0.3) is 0 Å². The third-order valence-corrected chi connectivity index (χ3v) is 5.62. The number of nitrogens with one attached hydrogen (secondary N) is 2. The highest BCUT2D eigenvalue weighted by molar-refractivity contribution is 7.99. The zero-order valence-corrected chi connectivity index (χ0v) is 11.9. The molecular formula is C10H22N2O2S2. The van der Waals surface area contributed by atoms with Crippen LogP contribution in [0.5, 0.6) is 0 Å². The zero-order chi connectivity index (χ0) is 12.2. The Morgan fingerprint density at radius 2 is 2.12 bits per heavy atom. The van der Waals surface area contributed by atoms with Crippen LogP contribution in [-0.2, 0) is 10.0 Å². The van der Waals surface area contributed by atoms with Crippen LogP contribution in [0.15, 0.2) is 0 Å². The minimum atomic E-state index is -3.08. The van der Waals surface area contributed by atoms with Gasteiger partial charge < -0.3 is 5.32 Å². The maximum Gasteiger partial charge on any atom is 0.212 e. The van der Waals surface area contributed by atoms with Crippen molar-refractivity contribution in [3.63, 3.8) is 0 Å². The van der Waals surface area contributed by atoms with Gasteiger partial charge in [-0.3, -0.25) is 0 Å². The van der Waals surface area contributed by atoms with E-state index in [1.165, 1.54) is 19.2 Å². The topological polar surface area (TPSA) is 58.2 Å². The lowest BCUT2D eigenvalue weighted by Gasteiger charge is -2.38. The molecule has 1 atom stereocenters. The van der Waals surface area contributed by atoms with E-state index in [0.29, 0.717) is 12.6 Å². The van der Waals surface area contributed by atoms with E-state index in [2.05, 4.69) is 23.9 Å². The molecule has 16 heavy (non-hydrogen) atoms. The molecule has 4 nitrogen and oxygen atoms in total. The van der Waals surface area contributed by atoms with Gasteiger partial charge in [-0.25, -0.2) is 13.1 Å². The van der Waals surface area contributed by atoms with Crippen LogP contribution in [0.25, 0.3) is 0 Å². The number of sulfonamides is 1. The van der Waals surface area contributed by atoms with Crippen LogP contribution < -0.4 is 10.0 Å². The van der Waals surface area contributed by atoms with E-state index in [0.717, 1.165) is 5.75 Å². The van der Waals surface area contributed by atoms with E-state index in [4.69, 9.17) is 0 Å². The first-order valence-corrected chi connectivity index (χ1v) is 8.40. The molecule has 1 unspecified atom stereocenters. The second kappa shape index (κ2) is 5.71. The average Bonchev–Trinajstić information content (AvgIpc) is 2.20. The van der Waals surface area contributed by atoms with Crippen LogP contribution in [0.2, 0.25) is 0 Å². The Hall–Kier alpha value is 0.220. The summed E-state index contributed by atoms with van der Waals surface area (Å²) in [6, 6.07) is 0.415. The van der Waals surface area contributed by atoms with E-state index in [1.54, 1.807) is 0 Å². The molecule has 0 amide bonds. The summed E-state index contributed by atoms with van der Waals surface area (Å²) in [5.74, 6) is 2.44. The van der Waals surface area contributed by atoms with E-state index in [1.807, 2.05) is 11.8 Å². The second-order valence-corrected chi connectivity index (χ2v) is 8.04. The molecule has 0 spiro atoms. The first-order chi connectivity index (χ1) is 7.37. The molecule has 1 rings (SSSR count). The Morgan fingerprint density at radius 3 is 2.69 bits per heavy atom. The van der Waals surface area contributed by atoms with Gasteiger partial charge in [-0.15, -0.1) is 0 Å². The molecule has 6 heteroatoms. The largest absolute Gasteiger partial charge is 0.312 e. The molecule has 1 aliphatic rings. The molecule has 1 aliphatic heterocycles. The van der Waals surface area contributed by atoms with Gasteiger partial charge in [0.2, 0.25) is 10.0 Å². The maximum absolute atomic E-state index is 11.2. The minimum absolute atomic E-state index is 0.154. The van der Waals surface area contributed by atoms with Crippen molar-refractivity contribution in [2.45, 2.75) is 26.3 Å². The number of hydrogen-bond donors (Lipinski definition) is 2. The van der Waals surface area contributed by atoms with Gasteiger partial charge in [0.1, 0.15) is 0 Å². The highest BCUT2D eigenvalue weighted by atomic mass is 32.2. The van der Waals surface area contributed by atoms with E-state index in [-0.39, 0.29) is 11.2 Å². The van der Waals surface area contributed by atoms with Gasteiger partial charge in [0, 0.05) is 18.3 Å². The molecule has 1 heterocycles. The van der Waals surface area contributed by atoms with Crippen LogP contribution in [-0.4, -0.2) is 45.3 Å². The summed E-state index contributed by atoms with van der Waals surface area (Å²) >= 11 is 1.94. The number of rotatable bonds is 5. The van der Waals surface area contributed by atoms with Crippen molar-refractivity contribution in [3.8, 4) is 0 Å². The summed E-state index contributed by atoms with van der Waals surface area (Å²) in [6.07, 6.45) is 1.19. The molecule has 0 aromatic carbocycles. The van der Waals surface area contributed by atoms with Crippen molar-refractivity contribution in [3.05, 3.63) is 0 Å². The van der Waals surface area contributed by atoms with Gasteiger partial charge in [-0.05, 0) is 24.6 Å². The third-order valence-electron chi connectivity index (χ3n) is 3.19. The third kappa shape index (κ3) is 4.24. The fourth-order valence-electron chi connectivity index (χ4n) is 1.74. The Labute approximate surface area is 103 Å². The second-order valence-electron chi connectivity index (χ2n) is 4.84. The van der Waals surface area contributed by atoms with Crippen molar-refractivity contribution >= 4 is 21.8 Å². The fraction of sp³-hybridized carbons (Fsp3) is 1.00. The molecule has 2 N–H and O–H groups in total. The standard InChI is InChI=1S/C10H22N2O2S2/c1-10(2)4-6-15-8-9(10)12-5-7-16(13,14)11-3/h9,11-12H,4-8H2,1-3H3. The smallest absolute Gasteiger partial charge is 0.212 e. The fourth-order valence-corrected chi connectivity index (χ4v) is 3.97. The number of hydrogen-bond acceptors (Lipinski definition) is 4. The Kier molecular flexibility index (Phi) is 5.10. The van der Waals surface area contributed by atoms with Crippen LogP contribution >= 0.6 is 11.8 Å². The monoisotopic (exact) mass is 266 g/mol. The highest BCUT2D eigenvalue weighted by Gasteiger charge is 2.32. The van der Waals surface area contributed by atoms with Crippen LogP contribution in [0.1, 0.15) is 20.3 Å². The summed E-state index contributed by atoms with van der Waals surface area (Å²) in [7, 11) is -1.62. The lowest BCUT2D eigenvalue weighted by molar-refractivity contribution is 0.249. The van der Waals surface area contributed by atoms with Crippen LogP contribution in [0.4, 0.5) is 0 Å². The predicted molar refractivity (Wildman–Crippen MR) is 70.4 cm³/mol. The van der Waals surface area contributed by atoms with E-state index in [9.17, 15) is 8.42 Å². The Morgan fingerprint density at radius 1 is 1.44 bits per heavy atom. The van der Waals surface area contributed by atoms with E-state index >= 15 is 0 Å². The molecule has 0 radical (unpaired) electrons. The summed E-state index contributed by atoms with van der Waals surface area (Å²) < 4.78 is 24.8. The summed E-state index contributed by atoms with van der Waals surface area (Å²) in [5.41, 5.74) is 0.272. The molecule has 0 saturated carbocycles. The zero-order valence-electron chi connectivity index (χ0n) is 10.2. The SMILES string of the molecule is CNS(=O)(=O)CCNC1CSCCC1(C)C. The van der Waals surface area contributed by atoms with Crippen LogP contribution in [0, 0.1) is 5.41 Å². The molecule has 96 valence electrons. The Balaban J connectivity index is 2.37. The predicted octanol–water partition coefficient (Wildman–Crippen LogP) is 0.657. The molecule has 0 aromatic heterocycles. The molecule has 1 saturated heterocycles. The average molecular weight is 266 g/mol. The van der Waals surface area contributed by atoms with Crippen molar-refractivity contribution in [1.29, 1.82) is 0 Å². The van der Waals surface area contributed by atoms with E-state index < -0.39 is 10.0 Å². The quantitative estimate of drug-likeness (QED) is 0.767. The highest BCUT2D eigenvalue weighted by Crippen LogP contribution is 2.33. The van der Waals surface area contributed by atoms with Crippen molar-refractivity contribution in [2.24, 2.45) is 5.41 Å². The van der Waals surface area contributed by atoms with Gasteiger partial charge in [0.15, 0.2) is 0 Å². The maximum atomic E-state index is 11.2. The molecular weight excluding hydrogens is 244 g/mol. The van der Waals surface area contributed by atoms with Crippen molar-refractivity contribution in [2.75, 3.05) is 30.9 Å². The normalized spacial score (nSPS) is 25.6. The number of thioether (sulfide) groups is 1. The van der Waals surface area contributed by atoms with Crippen molar-refractivity contribution < 1.29 is 8.42 Å². The summed E-state index contributed by atoms with van der Waals surface area (Å²) in [6.45, 7) is 5.02. The Bertz CT molecular complexity index is 315. The van der Waals surface area contributed by atoms with Gasteiger partial charge >= 0.3 is 0 Å². The summed E-state index contributed by atoms with van der Waals surface area (Å²) in [5, 5.41) is 3.36. The van der Waals surface area contributed by atoms with Gasteiger partial charge in [-0.2, -0.15) is 11.8 Å². The van der Waals surface area contributed by atoms with Gasteiger partial charge in [-0.1, -0.05) is 13.8 Å². The van der Waals surface area contributed by atoms with Crippen LogP contribution in [0.3, 0.4) is 0 Å². The minimum Gasteiger partial charge on any atom is -0.312 e. The molecule has 0 aliphatic carbocycles. The van der Waals surface area contributed by atoms with Crippen molar-refractivity contribution in [1.82, 2.24) is 10.0 Å². The lowest BCUT2D eigenvalue weighted by Crippen LogP contribution is -2.48. The first kappa shape index (κ1) is 14.3. The molecule has 1 fully saturated rings. The molecule has 0 aromatic rings. The summed E-state index contributed by atoms with van der Waals surface area (Å²) in [4.78, 5) is 0. The first-order valence-electron chi connectivity index (χ1n) is 5.60. The van der Waals surface area contributed by atoms with Gasteiger partial charge in [0.05, 0.1) is 5.75 Å². The lowest BCUT2D eigenvalue weighted by atomic mass is 9.82. The molecule has 0 bridgehead atoms.